The molecule has 1 amide bonds. The summed E-state index contributed by atoms with van der Waals surface area (Å²) in [6.07, 6.45) is 1.39. The molecule has 0 radical (unpaired) electrons. The Morgan fingerprint density at radius 2 is 2.21 bits per heavy atom. The van der Waals surface area contributed by atoms with Crippen LogP contribution in [0.5, 0.6) is 0 Å². The van der Waals surface area contributed by atoms with E-state index in [0.717, 1.165) is 12.8 Å². The molecule has 4 N–H and O–H groups in total. The molecule has 0 saturated carbocycles. The van der Waals surface area contributed by atoms with Crippen molar-refractivity contribution in [1.82, 2.24) is 15.1 Å². The molecule has 24 heavy (non-hydrogen) atoms. The van der Waals surface area contributed by atoms with Gasteiger partial charge >= 0.3 is 6.09 Å². The fourth-order valence-corrected chi connectivity index (χ4v) is 2.63. The van der Waals surface area contributed by atoms with Crippen molar-refractivity contribution in [1.29, 1.82) is 5.41 Å². The van der Waals surface area contributed by atoms with Gasteiger partial charge in [0.15, 0.2) is 10.8 Å². The van der Waals surface area contributed by atoms with Crippen LogP contribution in [0.25, 0.3) is 0 Å². The Labute approximate surface area is 146 Å². The molecule has 0 aliphatic carbocycles. The zero-order valence-electron chi connectivity index (χ0n) is 14.1. The van der Waals surface area contributed by atoms with Crippen molar-refractivity contribution in [2.45, 2.75) is 45.3 Å². The van der Waals surface area contributed by atoms with Crippen LogP contribution < -0.4 is 11.1 Å². The third-order valence-electron chi connectivity index (χ3n) is 3.45. The topological polar surface area (TPSA) is 117 Å². The number of carbonyl (C=O) groups excluding carboxylic acids is 1. The van der Waals surface area contributed by atoms with Gasteiger partial charge in [-0.3, -0.25) is 5.41 Å². The number of nitrogens with zero attached hydrogens (tertiary/aromatic N) is 3. The number of nitrogens with two attached hydrogens (primary N) is 1. The first-order chi connectivity index (χ1) is 11.2. The summed E-state index contributed by atoms with van der Waals surface area (Å²) in [5.74, 6) is -0.193. The van der Waals surface area contributed by atoms with Gasteiger partial charge in [0.2, 0.25) is 0 Å². The normalized spacial score (nSPS) is 18.2. The Bertz CT molecular complexity index is 631. The van der Waals surface area contributed by atoms with E-state index in [2.05, 4.69) is 15.5 Å². The maximum atomic E-state index is 12.2. The van der Waals surface area contributed by atoms with Gasteiger partial charge in [-0.05, 0) is 33.6 Å². The molecular formula is C15H23ClN6O2. The molecule has 0 bridgehead atoms. The molecule has 2 heterocycles. The Morgan fingerprint density at radius 3 is 2.83 bits per heavy atom. The number of carbonyl (C=O) groups is 1. The van der Waals surface area contributed by atoms with Crippen LogP contribution in [-0.4, -0.2) is 51.8 Å². The van der Waals surface area contributed by atoms with Crippen LogP contribution in [0.2, 0.25) is 5.15 Å². The third-order valence-corrected chi connectivity index (χ3v) is 3.64. The van der Waals surface area contributed by atoms with Crippen molar-refractivity contribution >= 4 is 29.2 Å². The minimum atomic E-state index is -0.526. The SMILES string of the molecule is CC(C)(C)OC(=O)N1CCCC(Nc2cc(Cl)nnc2C(=N)N)C1. The van der Waals surface area contributed by atoms with E-state index in [-0.39, 0.29) is 28.8 Å². The lowest BCUT2D eigenvalue weighted by molar-refractivity contribution is 0.0206. The second-order valence-corrected chi connectivity index (χ2v) is 7.14. The van der Waals surface area contributed by atoms with Crippen molar-refractivity contribution in [2.75, 3.05) is 18.4 Å². The van der Waals surface area contributed by atoms with E-state index in [1.807, 2.05) is 20.8 Å². The van der Waals surface area contributed by atoms with Gasteiger partial charge in [0, 0.05) is 25.2 Å². The lowest BCUT2D eigenvalue weighted by Crippen LogP contribution is -2.47. The van der Waals surface area contributed by atoms with E-state index in [1.165, 1.54) is 0 Å². The second kappa shape index (κ2) is 7.21. The van der Waals surface area contributed by atoms with E-state index in [4.69, 9.17) is 27.5 Å². The number of anilines is 1. The summed E-state index contributed by atoms with van der Waals surface area (Å²) in [5, 5.41) is 18.6. The average Bonchev–Trinajstić information content (AvgIpc) is 2.45. The summed E-state index contributed by atoms with van der Waals surface area (Å²) in [4.78, 5) is 13.9. The molecular weight excluding hydrogens is 332 g/mol. The number of nitrogen functional groups attached to an aromatic ring is 1. The second-order valence-electron chi connectivity index (χ2n) is 6.75. The Balaban J connectivity index is 2.07. The van der Waals surface area contributed by atoms with E-state index in [0.29, 0.717) is 18.8 Å². The number of hydrogen-bond acceptors (Lipinski definition) is 6. The Morgan fingerprint density at radius 1 is 1.50 bits per heavy atom. The van der Waals surface area contributed by atoms with Gasteiger partial charge in [-0.25, -0.2) is 4.79 Å². The zero-order chi connectivity index (χ0) is 17.9. The van der Waals surface area contributed by atoms with Crippen molar-refractivity contribution in [3.8, 4) is 0 Å². The number of aromatic nitrogens is 2. The molecule has 9 heteroatoms. The third kappa shape index (κ3) is 4.95. The molecule has 1 aliphatic heterocycles. The smallest absolute Gasteiger partial charge is 0.410 e. The first-order valence-corrected chi connectivity index (χ1v) is 8.15. The summed E-state index contributed by atoms with van der Waals surface area (Å²) >= 11 is 5.88. The minimum absolute atomic E-state index is 0.00960. The summed E-state index contributed by atoms with van der Waals surface area (Å²) in [5.41, 5.74) is 5.79. The molecule has 0 spiro atoms. The standard InChI is InChI=1S/C15H23ClN6O2/c1-15(2,3)24-14(23)22-6-4-5-9(8-22)19-10-7-11(16)20-21-12(10)13(17)18/h7,9H,4-6,8H2,1-3H3,(H3,17,18)(H,19,20). The number of nitrogens with one attached hydrogen (secondary N) is 2. The zero-order valence-corrected chi connectivity index (χ0v) is 14.9. The summed E-state index contributed by atoms with van der Waals surface area (Å²) < 4.78 is 5.42. The fourth-order valence-electron chi connectivity index (χ4n) is 2.48. The number of piperidine rings is 1. The van der Waals surface area contributed by atoms with Gasteiger partial charge in [0.05, 0.1) is 5.69 Å². The molecule has 1 aromatic heterocycles. The number of hydrogen-bond donors (Lipinski definition) is 3. The van der Waals surface area contributed by atoms with Gasteiger partial charge in [-0.1, -0.05) is 11.6 Å². The monoisotopic (exact) mass is 354 g/mol. The van der Waals surface area contributed by atoms with Crippen LogP contribution in [0.15, 0.2) is 6.07 Å². The number of ether oxygens (including phenoxy) is 1. The van der Waals surface area contributed by atoms with E-state index < -0.39 is 5.60 Å². The molecule has 1 saturated heterocycles. The number of amidine groups is 1. The van der Waals surface area contributed by atoms with E-state index >= 15 is 0 Å². The first kappa shape index (κ1) is 18.3. The average molecular weight is 355 g/mol. The highest BCUT2D eigenvalue weighted by Crippen LogP contribution is 2.21. The van der Waals surface area contributed by atoms with Crippen molar-refractivity contribution in [3.05, 3.63) is 16.9 Å². The van der Waals surface area contributed by atoms with Gasteiger partial charge < -0.3 is 20.7 Å². The summed E-state index contributed by atoms with van der Waals surface area (Å²) in [7, 11) is 0. The molecule has 1 unspecified atom stereocenters. The highest BCUT2D eigenvalue weighted by atomic mass is 35.5. The van der Waals surface area contributed by atoms with Crippen molar-refractivity contribution < 1.29 is 9.53 Å². The number of amides is 1. The van der Waals surface area contributed by atoms with Crippen LogP contribution >= 0.6 is 11.6 Å². The van der Waals surface area contributed by atoms with E-state index in [9.17, 15) is 4.79 Å². The lowest BCUT2D eigenvalue weighted by Gasteiger charge is -2.35. The van der Waals surface area contributed by atoms with Gasteiger partial charge in [-0.2, -0.15) is 0 Å². The number of likely N-dealkylation sites (tertiary alicyclic amines) is 1. The highest BCUT2D eigenvalue weighted by Gasteiger charge is 2.28. The maximum absolute atomic E-state index is 12.2. The fraction of sp³-hybridized carbons (Fsp3) is 0.600. The summed E-state index contributed by atoms with van der Waals surface area (Å²) in [6.45, 7) is 6.67. The predicted molar refractivity (Wildman–Crippen MR) is 92.5 cm³/mol. The quantitative estimate of drug-likeness (QED) is 0.566. The highest BCUT2D eigenvalue weighted by molar-refractivity contribution is 6.29. The van der Waals surface area contributed by atoms with Crippen LogP contribution in [0, 0.1) is 5.41 Å². The molecule has 1 fully saturated rings. The molecule has 132 valence electrons. The van der Waals surface area contributed by atoms with Crippen molar-refractivity contribution in [3.63, 3.8) is 0 Å². The van der Waals surface area contributed by atoms with E-state index in [1.54, 1.807) is 11.0 Å². The molecule has 1 atom stereocenters. The minimum Gasteiger partial charge on any atom is -0.444 e. The molecule has 0 aromatic carbocycles. The lowest BCUT2D eigenvalue weighted by atomic mass is 10.1. The van der Waals surface area contributed by atoms with Crippen LogP contribution in [0.3, 0.4) is 0 Å². The molecule has 1 aromatic rings. The maximum Gasteiger partial charge on any atom is 0.410 e. The van der Waals surface area contributed by atoms with Crippen LogP contribution in [0.1, 0.15) is 39.3 Å². The van der Waals surface area contributed by atoms with Crippen LogP contribution in [-0.2, 0) is 4.74 Å². The molecule has 1 aliphatic rings. The van der Waals surface area contributed by atoms with Crippen LogP contribution in [0.4, 0.5) is 10.5 Å². The number of rotatable bonds is 3. The van der Waals surface area contributed by atoms with Crippen molar-refractivity contribution in [2.24, 2.45) is 5.73 Å². The molecule has 8 nitrogen and oxygen atoms in total. The summed E-state index contributed by atoms with van der Waals surface area (Å²) in [6, 6.07) is 1.57. The van der Waals surface area contributed by atoms with Gasteiger partial charge in [0.1, 0.15) is 11.4 Å². The van der Waals surface area contributed by atoms with Gasteiger partial charge in [0.25, 0.3) is 0 Å². The first-order valence-electron chi connectivity index (χ1n) is 7.78. The predicted octanol–water partition coefficient (Wildman–Crippen LogP) is 2.23. The van der Waals surface area contributed by atoms with Gasteiger partial charge in [-0.15, -0.1) is 10.2 Å². The largest absolute Gasteiger partial charge is 0.444 e. The Hall–Kier alpha value is -2.09. The molecule has 2 rings (SSSR count). The number of halogens is 1. The Kier molecular flexibility index (Phi) is 5.48.